The van der Waals surface area contributed by atoms with Gasteiger partial charge in [0.25, 0.3) is 0 Å². The zero-order chi connectivity index (χ0) is 9.14. The van der Waals surface area contributed by atoms with Gasteiger partial charge in [0.15, 0.2) is 0 Å². The van der Waals surface area contributed by atoms with Crippen molar-refractivity contribution in [2.24, 2.45) is 5.73 Å². The highest BCUT2D eigenvalue weighted by atomic mass is 14.9. The number of hydrogen-bond donors (Lipinski definition) is 3. The lowest BCUT2D eigenvalue weighted by Gasteiger charge is -2.07. The molecule has 12 heavy (non-hydrogen) atoms. The molecule has 0 radical (unpaired) electrons. The first-order valence-electron chi connectivity index (χ1n) is 3.54. The number of nitrogens with zero attached hydrogens (tertiary/aromatic N) is 1. The SMILES string of the molecule is C=C[C@H](N)c1cnc(N)c(N)c1. The van der Waals surface area contributed by atoms with E-state index in [1.54, 1.807) is 18.3 Å². The summed E-state index contributed by atoms with van der Waals surface area (Å²) in [5.41, 5.74) is 17.9. The lowest BCUT2D eigenvalue weighted by molar-refractivity contribution is 0.906. The van der Waals surface area contributed by atoms with Crippen molar-refractivity contribution in [2.45, 2.75) is 6.04 Å². The quantitative estimate of drug-likeness (QED) is 0.553. The Morgan fingerprint density at radius 1 is 1.50 bits per heavy atom. The van der Waals surface area contributed by atoms with E-state index in [1.165, 1.54) is 0 Å². The van der Waals surface area contributed by atoms with Crippen LogP contribution in [0.4, 0.5) is 11.5 Å². The zero-order valence-electron chi connectivity index (χ0n) is 6.70. The molecule has 0 saturated heterocycles. The summed E-state index contributed by atoms with van der Waals surface area (Å²) in [5.74, 6) is 0.329. The molecule has 0 aliphatic carbocycles. The highest BCUT2D eigenvalue weighted by Gasteiger charge is 2.03. The van der Waals surface area contributed by atoms with E-state index < -0.39 is 0 Å². The van der Waals surface area contributed by atoms with Crippen LogP contribution in [-0.2, 0) is 0 Å². The lowest BCUT2D eigenvalue weighted by Crippen LogP contribution is -2.08. The number of nitrogen functional groups attached to an aromatic ring is 2. The molecule has 4 nitrogen and oxygen atoms in total. The Morgan fingerprint density at radius 3 is 2.67 bits per heavy atom. The fourth-order valence-corrected chi connectivity index (χ4v) is 0.828. The van der Waals surface area contributed by atoms with E-state index in [0.29, 0.717) is 11.5 Å². The number of anilines is 2. The van der Waals surface area contributed by atoms with Crippen LogP contribution >= 0.6 is 0 Å². The standard InChI is InChI=1S/C8H12N4/c1-2-6(9)5-3-7(10)8(11)12-4-5/h2-4,6H,1,9-10H2,(H2,11,12)/t6-/m0/s1. The molecule has 6 N–H and O–H groups in total. The number of hydrogen-bond acceptors (Lipinski definition) is 4. The normalized spacial score (nSPS) is 12.4. The minimum absolute atomic E-state index is 0.236. The summed E-state index contributed by atoms with van der Waals surface area (Å²) in [7, 11) is 0. The topological polar surface area (TPSA) is 90.9 Å². The van der Waals surface area contributed by atoms with Crippen LogP contribution in [-0.4, -0.2) is 4.98 Å². The number of aromatic nitrogens is 1. The number of nitrogens with two attached hydrogens (primary N) is 3. The van der Waals surface area contributed by atoms with Crippen molar-refractivity contribution >= 4 is 11.5 Å². The Hall–Kier alpha value is -1.55. The van der Waals surface area contributed by atoms with Gasteiger partial charge in [0.05, 0.1) is 5.69 Å². The summed E-state index contributed by atoms with van der Waals surface area (Å²) >= 11 is 0. The highest BCUT2D eigenvalue weighted by Crippen LogP contribution is 2.17. The van der Waals surface area contributed by atoms with Gasteiger partial charge in [-0.15, -0.1) is 6.58 Å². The third-order valence-electron chi connectivity index (χ3n) is 1.61. The Kier molecular flexibility index (Phi) is 2.30. The monoisotopic (exact) mass is 164 g/mol. The third kappa shape index (κ3) is 1.54. The molecule has 0 unspecified atom stereocenters. The second kappa shape index (κ2) is 3.23. The highest BCUT2D eigenvalue weighted by molar-refractivity contribution is 5.59. The van der Waals surface area contributed by atoms with Gasteiger partial charge in [0.1, 0.15) is 5.82 Å². The van der Waals surface area contributed by atoms with Crippen LogP contribution in [0.25, 0.3) is 0 Å². The van der Waals surface area contributed by atoms with Crippen LogP contribution in [0.2, 0.25) is 0 Å². The maximum Gasteiger partial charge on any atom is 0.146 e. The van der Waals surface area contributed by atoms with Crippen LogP contribution in [0.5, 0.6) is 0 Å². The molecular weight excluding hydrogens is 152 g/mol. The fourth-order valence-electron chi connectivity index (χ4n) is 0.828. The molecule has 0 aliphatic rings. The molecule has 0 fully saturated rings. The third-order valence-corrected chi connectivity index (χ3v) is 1.61. The molecule has 1 aromatic rings. The Balaban J connectivity index is 3.04. The molecule has 0 amide bonds. The van der Waals surface area contributed by atoms with Crippen LogP contribution in [0.3, 0.4) is 0 Å². The molecule has 0 aromatic carbocycles. The van der Waals surface area contributed by atoms with Crippen molar-refractivity contribution in [1.29, 1.82) is 0 Å². The minimum atomic E-state index is -0.236. The van der Waals surface area contributed by atoms with Crippen molar-refractivity contribution in [3.63, 3.8) is 0 Å². The summed E-state index contributed by atoms with van der Waals surface area (Å²) in [6, 6.07) is 1.47. The van der Waals surface area contributed by atoms with Gasteiger partial charge in [-0.3, -0.25) is 0 Å². The molecule has 0 aliphatic heterocycles. The first-order chi connectivity index (χ1) is 5.65. The van der Waals surface area contributed by atoms with Gasteiger partial charge in [-0.05, 0) is 11.6 Å². The smallest absolute Gasteiger partial charge is 0.146 e. The molecule has 1 aromatic heterocycles. The number of pyridine rings is 1. The first-order valence-corrected chi connectivity index (χ1v) is 3.54. The van der Waals surface area contributed by atoms with Gasteiger partial charge >= 0.3 is 0 Å². The van der Waals surface area contributed by atoms with Gasteiger partial charge in [-0.1, -0.05) is 6.08 Å². The van der Waals surface area contributed by atoms with Crippen LogP contribution < -0.4 is 17.2 Å². The van der Waals surface area contributed by atoms with Gasteiger partial charge in [-0.2, -0.15) is 0 Å². The second-order valence-electron chi connectivity index (χ2n) is 2.50. The van der Waals surface area contributed by atoms with Crippen molar-refractivity contribution in [3.8, 4) is 0 Å². The minimum Gasteiger partial charge on any atom is -0.396 e. The Labute approximate surface area is 71.1 Å². The van der Waals surface area contributed by atoms with E-state index in [4.69, 9.17) is 17.2 Å². The van der Waals surface area contributed by atoms with Gasteiger partial charge < -0.3 is 17.2 Å². The maximum absolute atomic E-state index is 5.66. The Morgan fingerprint density at radius 2 is 2.17 bits per heavy atom. The van der Waals surface area contributed by atoms with E-state index in [0.717, 1.165) is 5.56 Å². The van der Waals surface area contributed by atoms with E-state index in [1.807, 2.05) is 0 Å². The predicted octanol–water partition coefficient (Wildman–Crippen LogP) is 0.432. The fraction of sp³-hybridized carbons (Fsp3) is 0.125. The first kappa shape index (κ1) is 8.55. The van der Waals surface area contributed by atoms with Gasteiger partial charge in [0, 0.05) is 12.2 Å². The molecule has 1 rings (SSSR count). The van der Waals surface area contributed by atoms with Crippen molar-refractivity contribution in [2.75, 3.05) is 11.5 Å². The molecular formula is C8H12N4. The van der Waals surface area contributed by atoms with Crippen molar-refractivity contribution < 1.29 is 0 Å². The molecule has 64 valence electrons. The largest absolute Gasteiger partial charge is 0.396 e. The molecule has 4 heteroatoms. The summed E-state index contributed by atoms with van der Waals surface area (Å²) < 4.78 is 0. The number of rotatable bonds is 2. The second-order valence-corrected chi connectivity index (χ2v) is 2.50. The van der Waals surface area contributed by atoms with E-state index in [-0.39, 0.29) is 6.04 Å². The van der Waals surface area contributed by atoms with Crippen molar-refractivity contribution in [3.05, 3.63) is 30.5 Å². The van der Waals surface area contributed by atoms with E-state index in [9.17, 15) is 0 Å². The summed E-state index contributed by atoms with van der Waals surface area (Å²) in [6.07, 6.45) is 3.21. The summed E-state index contributed by atoms with van der Waals surface area (Å²) in [4.78, 5) is 3.87. The van der Waals surface area contributed by atoms with Crippen LogP contribution in [0, 0.1) is 0 Å². The zero-order valence-corrected chi connectivity index (χ0v) is 6.70. The summed E-state index contributed by atoms with van der Waals surface area (Å²) in [5, 5.41) is 0. The maximum atomic E-state index is 5.66. The van der Waals surface area contributed by atoms with Crippen LogP contribution in [0.15, 0.2) is 24.9 Å². The Bertz CT molecular complexity index is 295. The molecule has 1 atom stereocenters. The molecule has 0 spiro atoms. The average Bonchev–Trinajstić information content (AvgIpc) is 2.08. The van der Waals surface area contributed by atoms with E-state index in [2.05, 4.69) is 11.6 Å². The molecule has 0 saturated carbocycles. The van der Waals surface area contributed by atoms with Crippen molar-refractivity contribution in [1.82, 2.24) is 4.98 Å². The van der Waals surface area contributed by atoms with Crippen LogP contribution in [0.1, 0.15) is 11.6 Å². The average molecular weight is 164 g/mol. The predicted molar refractivity (Wildman–Crippen MR) is 50.2 cm³/mol. The van der Waals surface area contributed by atoms with E-state index >= 15 is 0 Å². The molecule has 0 bridgehead atoms. The van der Waals surface area contributed by atoms with Gasteiger partial charge in [-0.25, -0.2) is 4.98 Å². The van der Waals surface area contributed by atoms with Gasteiger partial charge in [0.2, 0.25) is 0 Å². The molecule has 1 heterocycles. The summed E-state index contributed by atoms with van der Waals surface area (Å²) in [6.45, 7) is 3.56. The lowest BCUT2D eigenvalue weighted by atomic mass is 10.1.